The lowest BCUT2D eigenvalue weighted by atomic mass is 10.2. The second-order valence-corrected chi connectivity index (χ2v) is 8.66. The van der Waals surface area contributed by atoms with Gasteiger partial charge >= 0.3 is 12.1 Å². The number of aromatic nitrogens is 1. The molecule has 27 heavy (non-hydrogen) atoms. The van der Waals surface area contributed by atoms with E-state index in [1.165, 1.54) is 10.6 Å². The maximum atomic E-state index is 11.8. The fraction of sp³-hybridized carbons (Fsp3) is 0.625. The first-order valence-electron chi connectivity index (χ1n) is 8.18. The minimum absolute atomic E-state index is 0.413. The molecule has 0 spiro atoms. The predicted molar refractivity (Wildman–Crippen MR) is 95.0 cm³/mol. The van der Waals surface area contributed by atoms with Crippen LogP contribution in [0, 0.1) is 12.8 Å². The van der Waals surface area contributed by atoms with Crippen LogP contribution in [0.2, 0.25) is 0 Å². The number of aryl methyl sites for hydroxylation is 1. The lowest BCUT2D eigenvalue weighted by molar-refractivity contribution is -0.192. The fourth-order valence-corrected chi connectivity index (χ4v) is 3.26. The third kappa shape index (κ3) is 7.33. The molecule has 0 radical (unpaired) electrons. The summed E-state index contributed by atoms with van der Waals surface area (Å²) >= 11 is 0. The Morgan fingerprint density at radius 2 is 1.85 bits per heavy atom. The predicted octanol–water partition coefficient (Wildman–Crippen LogP) is 2.26. The maximum absolute atomic E-state index is 11.8. The lowest BCUT2D eigenvalue weighted by Crippen LogP contribution is -2.36. The highest BCUT2D eigenvalue weighted by Gasteiger charge is 2.38. The molecule has 0 fully saturated rings. The second-order valence-electron chi connectivity index (χ2n) is 6.67. The van der Waals surface area contributed by atoms with E-state index in [2.05, 4.69) is 23.7 Å². The minimum Gasteiger partial charge on any atom is -0.475 e. The van der Waals surface area contributed by atoms with Gasteiger partial charge in [0.15, 0.2) is 0 Å². The van der Waals surface area contributed by atoms with Crippen molar-refractivity contribution in [2.45, 2.75) is 33.5 Å². The molecule has 0 unspecified atom stereocenters. The van der Waals surface area contributed by atoms with Crippen LogP contribution in [0.15, 0.2) is 12.1 Å². The summed E-state index contributed by atoms with van der Waals surface area (Å²) in [5.41, 5.74) is 1.95. The molecular weight excluding hydrogens is 387 g/mol. The zero-order valence-corrected chi connectivity index (χ0v) is 16.4. The molecule has 1 N–H and O–H groups in total. The van der Waals surface area contributed by atoms with Gasteiger partial charge in [0.2, 0.25) is 10.0 Å². The second kappa shape index (κ2) is 8.87. The summed E-state index contributed by atoms with van der Waals surface area (Å²) in [6, 6.07) is 3.94. The zero-order chi connectivity index (χ0) is 21.0. The van der Waals surface area contributed by atoms with Gasteiger partial charge in [-0.2, -0.15) is 17.5 Å². The maximum Gasteiger partial charge on any atom is 0.490 e. The normalized spacial score (nSPS) is 15.6. The van der Waals surface area contributed by atoms with Crippen LogP contribution in [0.5, 0.6) is 0 Å². The molecule has 0 aromatic carbocycles. The number of sulfonamides is 1. The molecule has 2 rings (SSSR count). The molecule has 0 saturated heterocycles. The Morgan fingerprint density at radius 3 is 2.30 bits per heavy atom. The van der Waals surface area contributed by atoms with Crippen LogP contribution in [0.25, 0.3) is 0 Å². The van der Waals surface area contributed by atoms with E-state index in [-0.39, 0.29) is 0 Å². The lowest BCUT2D eigenvalue weighted by Gasteiger charge is -2.25. The summed E-state index contributed by atoms with van der Waals surface area (Å²) in [6.07, 6.45) is -3.81. The highest BCUT2D eigenvalue weighted by atomic mass is 32.2. The summed E-state index contributed by atoms with van der Waals surface area (Å²) in [7, 11) is -3.18. The Labute approximate surface area is 156 Å². The number of fused-ring (bicyclic) bond motifs is 1. The van der Waals surface area contributed by atoms with E-state index in [4.69, 9.17) is 9.90 Å². The van der Waals surface area contributed by atoms with Crippen LogP contribution in [-0.4, -0.2) is 60.8 Å². The molecule has 154 valence electrons. The number of carbonyl (C=O) groups is 1. The first-order chi connectivity index (χ1) is 12.2. The van der Waals surface area contributed by atoms with Crippen molar-refractivity contribution in [1.82, 2.24) is 9.29 Å². The average molecular weight is 411 g/mol. The van der Waals surface area contributed by atoms with E-state index in [1.54, 1.807) is 0 Å². The number of anilines is 1. The first-order valence-corrected chi connectivity index (χ1v) is 10.0. The summed E-state index contributed by atoms with van der Waals surface area (Å²) in [6.45, 7) is 8.79. The van der Waals surface area contributed by atoms with E-state index in [0.717, 1.165) is 23.6 Å². The molecule has 1 aliphatic rings. The highest BCUT2D eigenvalue weighted by molar-refractivity contribution is 7.88. The van der Waals surface area contributed by atoms with Crippen LogP contribution in [0.1, 0.15) is 25.1 Å². The van der Waals surface area contributed by atoms with E-state index in [0.29, 0.717) is 25.6 Å². The van der Waals surface area contributed by atoms with Crippen LogP contribution in [0.3, 0.4) is 0 Å². The topological polar surface area (TPSA) is 90.8 Å². The minimum atomic E-state index is -5.08. The molecule has 0 bridgehead atoms. The third-order valence-corrected chi connectivity index (χ3v) is 4.91. The fourth-order valence-electron chi connectivity index (χ4n) is 2.48. The summed E-state index contributed by atoms with van der Waals surface area (Å²) in [4.78, 5) is 15.7. The van der Waals surface area contributed by atoms with Gasteiger partial charge < -0.3 is 10.0 Å². The molecule has 0 saturated carbocycles. The number of carboxylic acid groups (broad SMARTS) is 1. The van der Waals surface area contributed by atoms with E-state index >= 15 is 0 Å². The van der Waals surface area contributed by atoms with Gasteiger partial charge in [0.05, 0.1) is 6.26 Å². The van der Waals surface area contributed by atoms with Gasteiger partial charge in [-0.05, 0) is 18.9 Å². The standard InChI is InChI=1S/C14H23N3O2S.C2HF3O2/c1-11(2)9-16-7-8-17(20(4,18)19)10-13-6-5-12(3)15-14(13)16;3-2(4,5)1(6)7/h5-6,11H,7-10H2,1-4H3;(H,6,7). The average Bonchev–Trinajstić information content (AvgIpc) is 2.66. The summed E-state index contributed by atoms with van der Waals surface area (Å²) in [5.74, 6) is -1.31. The molecule has 7 nitrogen and oxygen atoms in total. The molecule has 2 heterocycles. The molecule has 1 aliphatic heterocycles. The van der Waals surface area contributed by atoms with Crippen molar-refractivity contribution in [1.29, 1.82) is 0 Å². The Morgan fingerprint density at radius 1 is 1.30 bits per heavy atom. The van der Waals surface area contributed by atoms with Crippen molar-refractivity contribution in [2.75, 3.05) is 30.8 Å². The van der Waals surface area contributed by atoms with E-state index in [1.807, 2.05) is 19.1 Å². The number of hydrogen-bond donors (Lipinski definition) is 1. The Kier molecular flexibility index (Phi) is 7.61. The molecular formula is C16H24F3N3O4S. The van der Waals surface area contributed by atoms with Crippen LogP contribution in [-0.2, 0) is 21.4 Å². The molecule has 0 amide bonds. The van der Waals surface area contributed by atoms with E-state index in [9.17, 15) is 21.6 Å². The molecule has 1 aromatic rings. The van der Waals surface area contributed by atoms with E-state index < -0.39 is 22.2 Å². The number of carboxylic acids is 1. The number of nitrogens with zero attached hydrogens (tertiary/aromatic N) is 3. The number of aliphatic carboxylic acids is 1. The Hall–Kier alpha value is -1.88. The Balaban J connectivity index is 0.000000445. The van der Waals surface area contributed by atoms with Gasteiger partial charge in [0, 0.05) is 37.4 Å². The quantitative estimate of drug-likeness (QED) is 0.821. The third-order valence-electron chi connectivity index (χ3n) is 3.66. The van der Waals surface area contributed by atoms with Crippen molar-refractivity contribution < 1.29 is 31.5 Å². The van der Waals surface area contributed by atoms with Crippen molar-refractivity contribution in [3.8, 4) is 0 Å². The van der Waals surface area contributed by atoms with Crippen LogP contribution < -0.4 is 4.90 Å². The van der Waals surface area contributed by atoms with Crippen molar-refractivity contribution >= 4 is 21.8 Å². The van der Waals surface area contributed by atoms with Crippen LogP contribution in [0.4, 0.5) is 19.0 Å². The number of pyridine rings is 1. The number of hydrogen-bond acceptors (Lipinski definition) is 5. The first kappa shape index (κ1) is 23.2. The molecule has 0 atom stereocenters. The summed E-state index contributed by atoms with van der Waals surface area (Å²) in [5, 5.41) is 7.12. The monoisotopic (exact) mass is 411 g/mol. The molecule has 1 aromatic heterocycles. The smallest absolute Gasteiger partial charge is 0.475 e. The largest absolute Gasteiger partial charge is 0.490 e. The van der Waals surface area contributed by atoms with Crippen LogP contribution >= 0.6 is 0 Å². The van der Waals surface area contributed by atoms with Gasteiger partial charge in [-0.25, -0.2) is 18.2 Å². The van der Waals surface area contributed by atoms with Crippen molar-refractivity contribution in [3.63, 3.8) is 0 Å². The van der Waals surface area contributed by atoms with Gasteiger partial charge in [-0.1, -0.05) is 19.9 Å². The highest BCUT2D eigenvalue weighted by Crippen LogP contribution is 2.25. The molecule has 0 aliphatic carbocycles. The summed E-state index contributed by atoms with van der Waals surface area (Å²) < 4.78 is 56.9. The number of rotatable bonds is 3. The van der Waals surface area contributed by atoms with Gasteiger partial charge in [0.25, 0.3) is 0 Å². The Bertz CT molecular complexity index is 767. The molecule has 11 heteroatoms. The van der Waals surface area contributed by atoms with Crippen molar-refractivity contribution in [3.05, 3.63) is 23.4 Å². The van der Waals surface area contributed by atoms with Gasteiger partial charge in [0.1, 0.15) is 5.82 Å². The van der Waals surface area contributed by atoms with Gasteiger partial charge in [-0.15, -0.1) is 0 Å². The SMILES string of the molecule is Cc1ccc2c(n1)N(CC(C)C)CCN(S(C)(=O)=O)C2.O=C(O)C(F)(F)F. The number of alkyl halides is 3. The zero-order valence-electron chi connectivity index (χ0n) is 15.6. The van der Waals surface area contributed by atoms with Crippen molar-refractivity contribution in [2.24, 2.45) is 5.92 Å². The van der Waals surface area contributed by atoms with Gasteiger partial charge in [-0.3, -0.25) is 0 Å². The number of halogens is 3.